The number of aryl methyl sites for hydroxylation is 1. The molecule has 6 nitrogen and oxygen atoms in total. The lowest BCUT2D eigenvalue weighted by atomic mass is 9.90. The Bertz CT molecular complexity index is 774. The monoisotopic (exact) mass is 370 g/mol. The van der Waals surface area contributed by atoms with E-state index in [-0.39, 0.29) is 18.4 Å². The normalized spacial score (nSPS) is 14.8. The van der Waals surface area contributed by atoms with E-state index >= 15 is 0 Å². The molecule has 0 spiro atoms. The number of amides is 2. The van der Waals surface area contributed by atoms with Crippen LogP contribution < -0.4 is 10.1 Å². The zero-order valence-corrected chi connectivity index (χ0v) is 15.9. The summed E-state index contributed by atoms with van der Waals surface area (Å²) in [5.41, 5.74) is 1.77. The van der Waals surface area contributed by atoms with Gasteiger partial charge in [-0.05, 0) is 55.9 Å². The molecule has 27 heavy (non-hydrogen) atoms. The van der Waals surface area contributed by atoms with Gasteiger partial charge in [-0.25, -0.2) is 0 Å². The Morgan fingerprint density at radius 2 is 1.89 bits per heavy atom. The first-order valence-electron chi connectivity index (χ1n) is 9.30. The van der Waals surface area contributed by atoms with E-state index in [1.165, 1.54) is 11.8 Å². The molecular weight excluding hydrogens is 344 g/mol. The minimum Gasteiger partial charge on any atom is -0.497 e. The molecule has 0 bridgehead atoms. The maximum absolute atomic E-state index is 12.4. The van der Waals surface area contributed by atoms with E-state index in [1.54, 1.807) is 20.1 Å². The van der Waals surface area contributed by atoms with Crippen LogP contribution in [0.4, 0.5) is 0 Å². The van der Waals surface area contributed by atoms with Crippen molar-refractivity contribution in [3.05, 3.63) is 53.5 Å². The summed E-state index contributed by atoms with van der Waals surface area (Å²) >= 11 is 0. The molecule has 1 saturated heterocycles. The van der Waals surface area contributed by atoms with Gasteiger partial charge in [0.15, 0.2) is 0 Å². The fourth-order valence-electron chi connectivity index (χ4n) is 3.46. The summed E-state index contributed by atoms with van der Waals surface area (Å²) in [6.45, 7) is 3.22. The minimum atomic E-state index is -0.274. The number of furan rings is 1. The number of ether oxygens (including phenoxy) is 1. The highest BCUT2D eigenvalue weighted by Gasteiger charge is 2.23. The van der Waals surface area contributed by atoms with E-state index in [4.69, 9.17) is 9.15 Å². The maximum Gasteiger partial charge on any atom is 0.255 e. The number of nitrogens with one attached hydrogen (secondary N) is 1. The first-order chi connectivity index (χ1) is 13.1. The van der Waals surface area contributed by atoms with Crippen LogP contribution in [0.5, 0.6) is 5.75 Å². The Morgan fingerprint density at radius 1 is 1.19 bits per heavy atom. The molecule has 0 aliphatic carbocycles. The average Bonchev–Trinajstić information content (AvgIpc) is 3.13. The molecule has 1 N–H and O–H groups in total. The van der Waals surface area contributed by atoms with Crippen molar-refractivity contribution < 1.29 is 18.7 Å². The lowest BCUT2D eigenvalue weighted by Gasteiger charge is -2.32. The first kappa shape index (κ1) is 19.0. The molecule has 3 rings (SSSR count). The van der Waals surface area contributed by atoms with Gasteiger partial charge >= 0.3 is 0 Å². The SMILES string of the molecule is COc1ccc(CC2CCN(C(=O)CNC(=O)c3ccoc3C)CC2)cc1. The van der Waals surface area contributed by atoms with Crippen molar-refractivity contribution in [3.63, 3.8) is 0 Å². The Morgan fingerprint density at radius 3 is 2.48 bits per heavy atom. The molecule has 1 aliphatic rings. The third-order valence-corrected chi connectivity index (χ3v) is 5.15. The minimum absolute atomic E-state index is 0.0204. The topological polar surface area (TPSA) is 71.8 Å². The van der Waals surface area contributed by atoms with Crippen molar-refractivity contribution in [1.82, 2.24) is 10.2 Å². The number of hydrogen-bond acceptors (Lipinski definition) is 4. The van der Waals surface area contributed by atoms with Crippen LogP contribution in [0.25, 0.3) is 0 Å². The number of carbonyl (C=O) groups is 2. The van der Waals surface area contributed by atoms with Gasteiger partial charge in [0.05, 0.1) is 25.5 Å². The van der Waals surface area contributed by atoms with E-state index in [9.17, 15) is 9.59 Å². The van der Waals surface area contributed by atoms with Crippen LogP contribution >= 0.6 is 0 Å². The van der Waals surface area contributed by atoms with Gasteiger partial charge in [-0.15, -0.1) is 0 Å². The second-order valence-electron chi connectivity index (χ2n) is 6.95. The second-order valence-corrected chi connectivity index (χ2v) is 6.95. The van der Waals surface area contributed by atoms with Crippen LogP contribution in [-0.2, 0) is 11.2 Å². The number of hydrogen-bond donors (Lipinski definition) is 1. The fraction of sp³-hybridized carbons (Fsp3) is 0.429. The van der Waals surface area contributed by atoms with Crippen molar-refractivity contribution in [1.29, 1.82) is 0 Å². The van der Waals surface area contributed by atoms with E-state index < -0.39 is 0 Å². The van der Waals surface area contributed by atoms with Crippen molar-refractivity contribution in [3.8, 4) is 5.75 Å². The van der Waals surface area contributed by atoms with Crippen molar-refractivity contribution in [2.45, 2.75) is 26.2 Å². The van der Waals surface area contributed by atoms with Crippen molar-refractivity contribution >= 4 is 11.8 Å². The average molecular weight is 370 g/mol. The largest absolute Gasteiger partial charge is 0.497 e. The fourth-order valence-corrected chi connectivity index (χ4v) is 3.46. The highest BCUT2D eigenvalue weighted by atomic mass is 16.5. The summed E-state index contributed by atoms with van der Waals surface area (Å²) in [7, 11) is 1.67. The van der Waals surface area contributed by atoms with Gasteiger partial charge in [0, 0.05) is 13.1 Å². The highest BCUT2D eigenvalue weighted by Crippen LogP contribution is 2.23. The van der Waals surface area contributed by atoms with Crippen LogP contribution in [-0.4, -0.2) is 43.5 Å². The van der Waals surface area contributed by atoms with Gasteiger partial charge in [-0.1, -0.05) is 12.1 Å². The highest BCUT2D eigenvalue weighted by molar-refractivity contribution is 5.97. The summed E-state index contributed by atoms with van der Waals surface area (Å²) < 4.78 is 10.3. The van der Waals surface area contributed by atoms with Crippen molar-refractivity contribution in [2.24, 2.45) is 5.92 Å². The van der Waals surface area contributed by atoms with Gasteiger partial charge in [-0.2, -0.15) is 0 Å². The summed E-state index contributed by atoms with van der Waals surface area (Å²) in [4.78, 5) is 26.3. The zero-order valence-electron chi connectivity index (χ0n) is 15.9. The number of likely N-dealkylation sites (tertiary alicyclic amines) is 1. The predicted molar refractivity (Wildman–Crippen MR) is 102 cm³/mol. The van der Waals surface area contributed by atoms with E-state index in [1.807, 2.05) is 17.0 Å². The van der Waals surface area contributed by atoms with Gasteiger partial charge in [0.2, 0.25) is 5.91 Å². The smallest absolute Gasteiger partial charge is 0.255 e. The molecule has 2 amide bonds. The third kappa shape index (κ3) is 4.90. The van der Waals surface area contributed by atoms with Crippen LogP contribution in [0.15, 0.2) is 41.0 Å². The Kier molecular flexibility index (Phi) is 6.16. The molecule has 1 aromatic carbocycles. The molecule has 0 unspecified atom stereocenters. The quantitative estimate of drug-likeness (QED) is 0.849. The van der Waals surface area contributed by atoms with Crippen LogP contribution in [0.3, 0.4) is 0 Å². The summed E-state index contributed by atoms with van der Waals surface area (Å²) in [6.07, 6.45) is 4.45. The van der Waals surface area contributed by atoms with Gasteiger partial charge < -0.3 is 19.4 Å². The zero-order chi connectivity index (χ0) is 19.2. The Labute approximate surface area is 159 Å². The molecule has 144 valence electrons. The molecule has 0 saturated carbocycles. The lowest BCUT2D eigenvalue weighted by Crippen LogP contribution is -2.44. The van der Waals surface area contributed by atoms with Crippen LogP contribution in [0.2, 0.25) is 0 Å². The molecule has 0 radical (unpaired) electrons. The first-order valence-corrected chi connectivity index (χ1v) is 9.30. The maximum atomic E-state index is 12.4. The molecule has 6 heteroatoms. The Hall–Kier alpha value is -2.76. The number of carbonyl (C=O) groups excluding carboxylic acids is 2. The van der Waals surface area contributed by atoms with E-state index in [0.717, 1.165) is 38.1 Å². The number of nitrogens with zero attached hydrogens (tertiary/aromatic N) is 1. The molecule has 1 aliphatic heterocycles. The number of rotatable bonds is 6. The molecule has 2 aromatic rings. The molecular formula is C21H26N2O4. The number of piperidine rings is 1. The number of methoxy groups -OCH3 is 1. The molecule has 1 aromatic heterocycles. The van der Waals surface area contributed by atoms with E-state index in [2.05, 4.69) is 17.4 Å². The molecule has 2 heterocycles. The van der Waals surface area contributed by atoms with Crippen LogP contribution in [0.1, 0.15) is 34.5 Å². The van der Waals surface area contributed by atoms with Gasteiger partial charge in [0.1, 0.15) is 11.5 Å². The third-order valence-electron chi connectivity index (χ3n) is 5.15. The number of benzene rings is 1. The Balaban J connectivity index is 1.42. The van der Waals surface area contributed by atoms with Crippen molar-refractivity contribution in [2.75, 3.05) is 26.7 Å². The predicted octanol–water partition coefficient (Wildman–Crippen LogP) is 2.81. The van der Waals surface area contributed by atoms with Gasteiger partial charge in [0.25, 0.3) is 5.91 Å². The summed E-state index contributed by atoms with van der Waals surface area (Å²) in [5, 5.41) is 2.68. The summed E-state index contributed by atoms with van der Waals surface area (Å²) in [6, 6.07) is 9.78. The van der Waals surface area contributed by atoms with Crippen LogP contribution in [0, 0.1) is 12.8 Å². The molecule has 1 fully saturated rings. The lowest BCUT2D eigenvalue weighted by molar-refractivity contribution is -0.131. The molecule has 0 atom stereocenters. The van der Waals surface area contributed by atoms with E-state index in [0.29, 0.717) is 17.2 Å². The second kappa shape index (κ2) is 8.75. The summed E-state index contributed by atoms with van der Waals surface area (Å²) in [5.74, 6) is 1.69. The standard InChI is InChI=1S/C21H26N2O4/c1-15-19(9-12-27-15)21(25)22-14-20(24)23-10-7-17(8-11-23)13-16-3-5-18(26-2)6-4-16/h3-6,9,12,17H,7-8,10-11,13-14H2,1-2H3,(H,22,25). The van der Waals surface area contributed by atoms with Gasteiger partial charge in [-0.3, -0.25) is 9.59 Å².